The van der Waals surface area contributed by atoms with Crippen LogP contribution in [-0.2, 0) is 0 Å². The van der Waals surface area contributed by atoms with Gasteiger partial charge >= 0.3 is 0 Å². The number of nitrogens with one attached hydrogen (secondary N) is 2. The van der Waals surface area contributed by atoms with Crippen LogP contribution in [0.25, 0.3) is 0 Å². The van der Waals surface area contributed by atoms with E-state index in [0.29, 0.717) is 6.54 Å². The maximum absolute atomic E-state index is 10.5. The van der Waals surface area contributed by atoms with Crippen molar-refractivity contribution >= 4 is 11.4 Å². The Labute approximate surface area is 109 Å². The first-order chi connectivity index (χ1) is 8.72. The highest BCUT2D eigenvalue weighted by Gasteiger charge is 2.27. The minimum atomic E-state index is -0.549. The molecule has 0 saturated heterocycles. The van der Waals surface area contributed by atoms with E-state index in [2.05, 4.69) is 15.6 Å². The van der Waals surface area contributed by atoms with Gasteiger partial charge in [-0.1, -0.05) is 25.7 Å². The highest BCUT2D eigenvalue weighted by Crippen LogP contribution is 2.27. The molecular formula is C14H23N3O. The van der Waals surface area contributed by atoms with Gasteiger partial charge in [-0.15, -0.1) is 0 Å². The van der Waals surface area contributed by atoms with Crippen molar-refractivity contribution in [1.82, 2.24) is 4.98 Å². The molecule has 0 aliphatic heterocycles. The monoisotopic (exact) mass is 249 g/mol. The Morgan fingerprint density at radius 3 is 2.50 bits per heavy atom. The molecule has 1 heterocycles. The molecule has 0 unspecified atom stereocenters. The van der Waals surface area contributed by atoms with Crippen molar-refractivity contribution in [3.63, 3.8) is 0 Å². The number of aliphatic hydroxyl groups is 1. The SMILES string of the molecule is CNc1cncc(NCC2(O)CCCCCC2)c1. The topological polar surface area (TPSA) is 57.2 Å². The molecule has 0 spiro atoms. The second-order valence-corrected chi connectivity index (χ2v) is 5.20. The lowest BCUT2D eigenvalue weighted by Gasteiger charge is -2.27. The smallest absolute Gasteiger partial charge is 0.0819 e. The van der Waals surface area contributed by atoms with Crippen LogP contribution in [0, 0.1) is 0 Å². The molecule has 0 aromatic carbocycles. The van der Waals surface area contributed by atoms with E-state index in [-0.39, 0.29) is 0 Å². The van der Waals surface area contributed by atoms with E-state index in [1.807, 2.05) is 13.1 Å². The van der Waals surface area contributed by atoms with Crippen LogP contribution < -0.4 is 10.6 Å². The second kappa shape index (κ2) is 6.05. The van der Waals surface area contributed by atoms with Crippen molar-refractivity contribution in [2.24, 2.45) is 0 Å². The summed E-state index contributed by atoms with van der Waals surface area (Å²) in [5.41, 5.74) is 1.39. The largest absolute Gasteiger partial charge is 0.388 e. The summed E-state index contributed by atoms with van der Waals surface area (Å²) in [6.45, 7) is 0.613. The Morgan fingerprint density at radius 1 is 1.17 bits per heavy atom. The quantitative estimate of drug-likeness (QED) is 0.718. The molecule has 1 saturated carbocycles. The Kier molecular flexibility index (Phi) is 4.42. The number of hydrogen-bond donors (Lipinski definition) is 3. The zero-order chi connectivity index (χ0) is 12.8. The van der Waals surface area contributed by atoms with E-state index >= 15 is 0 Å². The fourth-order valence-electron chi connectivity index (χ4n) is 2.50. The van der Waals surface area contributed by atoms with Crippen molar-refractivity contribution < 1.29 is 5.11 Å². The third kappa shape index (κ3) is 3.60. The molecule has 0 bridgehead atoms. The van der Waals surface area contributed by atoms with Gasteiger partial charge in [0.25, 0.3) is 0 Å². The van der Waals surface area contributed by atoms with Crippen molar-refractivity contribution in [3.05, 3.63) is 18.5 Å². The predicted molar refractivity (Wildman–Crippen MR) is 74.9 cm³/mol. The van der Waals surface area contributed by atoms with Crippen LogP contribution in [0.1, 0.15) is 38.5 Å². The fourth-order valence-corrected chi connectivity index (χ4v) is 2.50. The third-order valence-electron chi connectivity index (χ3n) is 3.68. The highest BCUT2D eigenvalue weighted by molar-refractivity contribution is 5.53. The number of nitrogens with zero attached hydrogens (tertiary/aromatic N) is 1. The van der Waals surface area contributed by atoms with Crippen LogP contribution in [0.5, 0.6) is 0 Å². The van der Waals surface area contributed by atoms with Crippen LogP contribution in [0.2, 0.25) is 0 Å². The molecule has 1 aromatic rings. The molecule has 0 radical (unpaired) electrons. The summed E-state index contributed by atoms with van der Waals surface area (Å²) in [5.74, 6) is 0. The third-order valence-corrected chi connectivity index (χ3v) is 3.68. The molecule has 100 valence electrons. The lowest BCUT2D eigenvalue weighted by molar-refractivity contribution is 0.0381. The van der Waals surface area contributed by atoms with E-state index in [4.69, 9.17) is 0 Å². The summed E-state index contributed by atoms with van der Waals surface area (Å²) in [6.07, 6.45) is 10.1. The molecule has 1 aliphatic rings. The van der Waals surface area contributed by atoms with Crippen LogP contribution in [0.4, 0.5) is 11.4 Å². The van der Waals surface area contributed by atoms with Gasteiger partial charge in [0.2, 0.25) is 0 Å². The summed E-state index contributed by atoms with van der Waals surface area (Å²) < 4.78 is 0. The zero-order valence-electron chi connectivity index (χ0n) is 11.1. The molecule has 0 amide bonds. The highest BCUT2D eigenvalue weighted by atomic mass is 16.3. The van der Waals surface area contributed by atoms with Crippen LogP contribution in [-0.4, -0.2) is 29.3 Å². The van der Waals surface area contributed by atoms with Gasteiger partial charge < -0.3 is 15.7 Å². The molecule has 1 fully saturated rings. The molecule has 1 aromatic heterocycles. The number of aromatic nitrogens is 1. The van der Waals surface area contributed by atoms with Gasteiger partial charge in [0, 0.05) is 13.6 Å². The normalized spacial score (nSPS) is 19.0. The molecule has 4 heteroatoms. The average molecular weight is 249 g/mol. The molecule has 3 N–H and O–H groups in total. The molecule has 1 aliphatic carbocycles. The van der Waals surface area contributed by atoms with E-state index in [1.165, 1.54) is 12.8 Å². The standard InChI is InChI=1S/C14H23N3O/c1-15-12-8-13(10-16-9-12)17-11-14(18)6-4-2-3-5-7-14/h8-10,15,17-18H,2-7,11H2,1H3. The number of hydrogen-bond acceptors (Lipinski definition) is 4. The Bertz CT molecular complexity index is 373. The number of anilines is 2. The van der Waals surface area contributed by atoms with E-state index in [0.717, 1.165) is 37.1 Å². The van der Waals surface area contributed by atoms with Gasteiger partial charge in [-0.25, -0.2) is 0 Å². The van der Waals surface area contributed by atoms with E-state index < -0.39 is 5.60 Å². The minimum Gasteiger partial charge on any atom is -0.388 e. The summed E-state index contributed by atoms with van der Waals surface area (Å²) in [6, 6.07) is 2.01. The van der Waals surface area contributed by atoms with Crippen LogP contribution >= 0.6 is 0 Å². The first kappa shape index (κ1) is 13.1. The van der Waals surface area contributed by atoms with Crippen LogP contribution in [0.3, 0.4) is 0 Å². The zero-order valence-corrected chi connectivity index (χ0v) is 11.1. The predicted octanol–water partition coefficient (Wildman–Crippen LogP) is 2.62. The Balaban J connectivity index is 1.92. The van der Waals surface area contributed by atoms with Gasteiger partial charge in [-0.2, -0.15) is 0 Å². The molecule has 2 rings (SSSR count). The maximum Gasteiger partial charge on any atom is 0.0819 e. The average Bonchev–Trinajstić information content (AvgIpc) is 2.62. The summed E-state index contributed by atoms with van der Waals surface area (Å²) in [5, 5.41) is 16.9. The van der Waals surface area contributed by atoms with E-state index in [9.17, 15) is 5.11 Å². The Hall–Kier alpha value is -1.29. The van der Waals surface area contributed by atoms with Gasteiger partial charge in [0.15, 0.2) is 0 Å². The molecule has 0 atom stereocenters. The van der Waals surface area contributed by atoms with Crippen molar-refractivity contribution in [1.29, 1.82) is 0 Å². The van der Waals surface area contributed by atoms with Gasteiger partial charge in [-0.3, -0.25) is 4.98 Å². The van der Waals surface area contributed by atoms with Crippen molar-refractivity contribution in [2.45, 2.75) is 44.1 Å². The first-order valence-electron chi connectivity index (χ1n) is 6.81. The van der Waals surface area contributed by atoms with Gasteiger partial charge in [-0.05, 0) is 18.9 Å². The molecule has 18 heavy (non-hydrogen) atoms. The number of rotatable bonds is 4. The van der Waals surface area contributed by atoms with Crippen LogP contribution in [0.15, 0.2) is 18.5 Å². The first-order valence-corrected chi connectivity index (χ1v) is 6.81. The summed E-state index contributed by atoms with van der Waals surface area (Å²) >= 11 is 0. The molecular weight excluding hydrogens is 226 g/mol. The summed E-state index contributed by atoms with van der Waals surface area (Å²) in [7, 11) is 1.87. The summed E-state index contributed by atoms with van der Waals surface area (Å²) in [4.78, 5) is 4.15. The Morgan fingerprint density at radius 2 is 1.83 bits per heavy atom. The van der Waals surface area contributed by atoms with Gasteiger partial charge in [0.05, 0.1) is 29.4 Å². The molecule has 4 nitrogen and oxygen atoms in total. The maximum atomic E-state index is 10.5. The van der Waals surface area contributed by atoms with E-state index in [1.54, 1.807) is 12.4 Å². The minimum absolute atomic E-state index is 0.549. The van der Waals surface area contributed by atoms with Crippen molar-refractivity contribution in [3.8, 4) is 0 Å². The lowest BCUT2D eigenvalue weighted by Crippen LogP contribution is -2.36. The van der Waals surface area contributed by atoms with Gasteiger partial charge in [0.1, 0.15) is 0 Å². The number of pyridine rings is 1. The lowest BCUT2D eigenvalue weighted by atomic mass is 9.94. The fraction of sp³-hybridized carbons (Fsp3) is 0.643. The second-order valence-electron chi connectivity index (χ2n) is 5.20. The van der Waals surface area contributed by atoms with Crippen molar-refractivity contribution in [2.75, 3.05) is 24.2 Å².